The minimum Gasteiger partial charge on any atom is -0.468 e. The molecule has 7 nitrogen and oxygen atoms in total. The lowest BCUT2D eigenvalue weighted by atomic mass is 10.3. The monoisotopic (exact) mass is 399 g/mol. The first-order chi connectivity index (χ1) is 12.4. The highest BCUT2D eigenvalue weighted by Gasteiger charge is 2.30. The molecule has 0 aromatic heterocycles. The molecule has 1 aromatic rings. The van der Waals surface area contributed by atoms with Crippen molar-refractivity contribution >= 4 is 46.8 Å². The highest BCUT2D eigenvalue weighted by Crippen LogP contribution is 2.21. The van der Waals surface area contributed by atoms with Gasteiger partial charge in [0.15, 0.2) is 0 Å². The van der Waals surface area contributed by atoms with Gasteiger partial charge in [0.1, 0.15) is 5.25 Å². The predicted octanol–water partition coefficient (Wildman–Crippen LogP) is 1.33. The number of hydrogen-bond acceptors (Lipinski definition) is 6. The van der Waals surface area contributed by atoms with E-state index in [-0.39, 0.29) is 36.1 Å². The molecule has 2 amide bonds. The Morgan fingerprint density at radius 2 is 2.08 bits per heavy atom. The second-order valence-electron chi connectivity index (χ2n) is 5.92. The Bertz CT molecular complexity index is 673. The first-order valence-electron chi connectivity index (χ1n) is 8.11. The first-order valence-corrected chi connectivity index (χ1v) is 9.53. The number of amides is 2. The lowest BCUT2D eigenvalue weighted by Gasteiger charge is -2.32. The highest BCUT2D eigenvalue weighted by atomic mass is 35.5. The van der Waals surface area contributed by atoms with Crippen LogP contribution in [0.4, 0.5) is 5.69 Å². The summed E-state index contributed by atoms with van der Waals surface area (Å²) in [7, 11) is 3.04. The van der Waals surface area contributed by atoms with E-state index in [9.17, 15) is 14.4 Å². The van der Waals surface area contributed by atoms with Gasteiger partial charge in [0, 0.05) is 18.8 Å². The van der Waals surface area contributed by atoms with E-state index in [2.05, 4.69) is 5.32 Å². The van der Waals surface area contributed by atoms with Crippen LogP contribution in [0, 0.1) is 0 Å². The van der Waals surface area contributed by atoms with Crippen LogP contribution >= 0.6 is 23.4 Å². The largest absolute Gasteiger partial charge is 0.468 e. The van der Waals surface area contributed by atoms with Crippen molar-refractivity contribution in [3.05, 3.63) is 29.3 Å². The summed E-state index contributed by atoms with van der Waals surface area (Å²) < 4.78 is 4.75. The number of halogens is 1. The molecule has 0 radical (unpaired) electrons. The van der Waals surface area contributed by atoms with Crippen molar-refractivity contribution in [1.82, 2.24) is 9.80 Å². The molecule has 1 saturated heterocycles. The standard InChI is InChI=1S/C17H22ClN3O4S/c1-20(10-15(22)19-13-6-4-3-5-12(13)18)11-16(23)21-7-8-26-14(9-21)17(24)25-2/h3-6,14H,7-11H2,1-2H3,(H,19,22)/t14-/m0/s1. The van der Waals surface area contributed by atoms with Crippen LogP contribution in [0.2, 0.25) is 5.02 Å². The molecule has 0 saturated carbocycles. The maximum Gasteiger partial charge on any atom is 0.320 e. The third kappa shape index (κ3) is 5.89. The summed E-state index contributed by atoms with van der Waals surface area (Å²) in [5.74, 6) is -0.00960. The summed E-state index contributed by atoms with van der Waals surface area (Å²) in [5, 5.41) is 2.82. The number of rotatable bonds is 6. The van der Waals surface area contributed by atoms with E-state index in [1.165, 1.54) is 18.9 Å². The van der Waals surface area contributed by atoms with Crippen LogP contribution in [0.25, 0.3) is 0 Å². The van der Waals surface area contributed by atoms with Gasteiger partial charge in [0.2, 0.25) is 11.8 Å². The summed E-state index contributed by atoms with van der Waals surface area (Å²) in [5.41, 5.74) is 0.535. The number of anilines is 1. The molecular weight excluding hydrogens is 378 g/mol. The van der Waals surface area contributed by atoms with Crippen LogP contribution in [0.5, 0.6) is 0 Å². The average molecular weight is 400 g/mol. The molecule has 1 fully saturated rings. The number of esters is 1. The highest BCUT2D eigenvalue weighted by molar-refractivity contribution is 8.00. The fraction of sp³-hybridized carbons (Fsp3) is 0.471. The Kier molecular flexibility index (Phi) is 7.74. The van der Waals surface area contributed by atoms with E-state index in [0.29, 0.717) is 29.6 Å². The van der Waals surface area contributed by atoms with Crippen LogP contribution in [-0.4, -0.2) is 78.9 Å². The molecule has 1 heterocycles. The van der Waals surface area contributed by atoms with Gasteiger partial charge in [0.25, 0.3) is 0 Å². The SMILES string of the molecule is COC(=O)[C@@H]1CN(C(=O)CN(C)CC(=O)Nc2ccccc2Cl)CCS1. The third-order valence-electron chi connectivity index (χ3n) is 3.85. The summed E-state index contributed by atoms with van der Waals surface area (Å²) in [6, 6.07) is 6.96. The van der Waals surface area contributed by atoms with Gasteiger partial charge >= 0.3 is 5.97 Å². The quantitative estimate of drug-likeness (QED) is 0.727. The number of benzene rings is 1. The van der Waals surface area contributed by atoms with E-state index in [4.69, 9.17) is 16.3 Å². The van der Waals surface area contributed by atoms with Crippen LogP contribution < -0.4 is 5.32 Å². The second-order valence-corrected chi connectivity index (χ2v) is 7.64. The summed E-state index contributed by atoms with van der Waals surface area (Å²) >= 11 is 7.50. The summed E-state index contributed by atoms with van der Waals surface area (Å²) in [6.45, 7) is 1.06. The third-order valence-corrected chi connectivity index (χ3v) is 5.34. The molecule has 142 valence electrons. The van der Waals surface area contributed by atoms with Crippen LogP contribution in [0.3, 0.4) is 0 Å². The molecule has 1 aliphatic heterocycles. The van der Waals surface area contributed by atoms with Crippen molar-refractivity contribution in [1.29, 1.82) is 0 Å². The van der Waals surface area contributed by atoms with Crippen LogP contribution in [0.15, 0.2) is 24.3 Å². The molecule has 1 atom stereocenters. The summed E-state index contributed by atoms with van der Waals surface area (Å²) in [6.07, 6.45) is 0. The Balaban J connectivity index is 1.82. The zero-order chi connectivity index (χ0) is 19.1. The number of carbonyl (C=O) groups is 3. The number of ether oxygens (including phenoxy) is 1. The molecule has 2 rings (SSSR count). The van der Waals surface area contributed by atoms with Gasteiger partial charge in [-0.2, -0.15) is 0 Å². The van der Waals surface area contributed by atoms with Gasteiger partial charge in [-0.25, -0.2) is 0 Å². The number of thioether (sulfide) groups is 1. The maximum absolute atomic E-state index is 12.4. The molecular formula is C17H22ClN3O4S. The topological polar surface area (TPSA) is 79.0 Å². The molecule has 1 aromatic carbocycles. The number of methoxy groups -OCH3 is 1. The molecule has 0 unspecified atom stereocenters. The normalized spacial score (nSPS) is 17.1. The lowest BCUT2D eigenvalue weighted by molar-refractivity contribution is -0.141. The average Bonchev–Trinajstić information content (AvgIpc) is 2.62. The molecule has 26 heavy (non-hydrogen) atoms. The fourth-order valence-electron chi connectivity index (χ4n) is 2.53. The van der Waals surface area contributed by atoms with Crippen LogP contribution in [-0.2, 0) is 19.1 Å². The molecule has 9 heteroatoms. The van der Waals surface area contributed by atoms with Gasteiger partial charge in [-0.1, -0.05) is 23.7 Å². The van der Waals surface area contributed by atoms with Crippen molar-refractivity contribution in [2.75, 3.05) is 51.4 Å². The Labute approximate surface area is 162 Å². The fourth-order valence-corrected chi connectivity index (χ4v) is 3.85. The maximum atomic E-state index is 12.4. The van der Waals surface area contributed by atoms with E-state index in [1.807, 2.05) is 0 Å². The predicted molar refractivity (Wildman–Crippen MR) is 102 cm³/mol. The Hall–Kier alpha value is -1.77. The van der Waals surface area contributed by atoms with Crippen LogP contribution in [0.1, 0.15) is 0 Å². The number of nitrogens with zero attached hydrogens (tertiary/aromatic N) is 2. The van der Waals surface area contributed by atoms with Crippen molar-refractivity contribution in [2.24, 2.45) is 0 Å². The van der Waals surface area contributed by atoms with Gasteiger partial charge in [-0.05, 0) is 19.2 Å². The molecule has 0 spiro atoms. The minimum atomic E-state index is -0.355. The number of nitrogens with one attached hydrogen (secondary N) is 1. The minimum absolute atomic E-state index is 0.0555. The Morgan fingerprint density at radius 1 is 1.35 bits per heavy atom. The second kappa shape index (κ2) is 9.80. The summed E-state index contributed by atoms with van der Waals surface area (Å²) in [4.78, 5) is 39.5. The van der Waals surface area contributed by atoms with Crippen molar-refractivity contribution in [3.8, 4) is 0 Å². The molecule has 0 bridgehead atoms. The van der Waals surface area contributed by atoms with E-state index in [0.717, 1.165) is 0 Å². The first kappa shape index (κ1) is 20.5. The Morgan fingerprint density at radius 3 is 2.77 bits per heavy atom. The van der Waals surface area contributed by atoms with Gasteiger partial charge in [-0.15, -0.1) is 11.8 Å². The molecule has 0 aliphatic carbocycles. The van der Waals surface area contributed by atoms with Gasteiger partial charge < -0.3 is 15.0 Å². The van der Waals surface area contributed by atoms with E-state index >= 15 is 0 Å². The van der Waals surface area contributed by atoms with Crippen molar-refractivity contribution < 1.29 is 19.1 Å². The molecule has 1 aliphatic rings. The lowest BCUT2D eigenvalue weighted by Crippen LogP contribution is -2.48. The van der Waals surface area contributed by atoms with Crippen molar-refractivity contribution in [2.45, 2.75) is 5.25 Å². The van der Waals surface area contributed by atoms with E-state index < -0.39 is 0 Å². The zero-order valence-corrected chi connectivity index (χ0v) is 16.3. The number of carbonyl (C=O) groups excluding carboxylic acids is 3. The molecule has 1 N–H and O–H groups in total. The smallest absolute Gasteiger partial charge is 0.320 e. The number of para-hydroxylation sites is 1. The zero-order valence-electron chi connectivity index (χ0n) is 14.7. The van der Waals surface area contributed by atoms with Crippen molar-refractivity contribution in [3.63, 3.8) is 0 Å². The number of likely N-dealkylation sites (N-methyl/N-ethyl adjacent to an activating group) is 1. The van der Waals surface area contributed by atoms with E-state index in [1.54, 1.807) is 41.1 Å². The number of hydrogen-bond donors (Lipinski definition) is 1. The van der Waals surface area contributed by atoms with Gasteiger partial charge in [0.05, 0.1) is 30.9 Å². The van der Waals surface area contributed by atoms with Gasteiger partial charge in [-0.3, -0.25) is 19.3 Å².